The van der Waals surface area contributed by atoms with Crippen LogP contribution in [0.2, 0.25) is 5.15 Å². The van der Waals surface area contributed by atoms with Gasteiger partial charge in [-0.05, 0) is 26.8 Å². The zero-order valence-electron chi connectivity index (χ0n) is 11.5. The van der Waals surface area contributed by atoms with Crippen molar-refractivity contribution in [2.24, 2.45) is 0 Å². The van der Waals surface area contributed by atoms with Crippen LogP contribution in [0.3, 0.4) is 0 Å². The number of carbonyl (C=O) groups excluding carboxylic acids is 1. The summed E-state index contributed by atoms with van der Waals surface area (Å²) in [6.45, 7) is 5.47. The summed E-state index contributed by atoms with van der Waals surface area (Å²) in [6, 6.07) is 3.46. The van der Waals surface area contributed by atoms with Crippen molar-refractivity contribution in [3.05, 3.63) is 28.5 Å². The van der Waals surface area contributed by atoms with E-state index in [2.05, 4.69) is 22.1 Å². The number of alkyl carbamates (subject to hydrolysis) is 1. The van der Waals surface area contributed by atoms with Crippen LogP contribution >= 0.6 is 11.6 Å². The van der Waals surface area contributed by atoms with Gasteiger partial charge in [-0.25, -0.2) is 9.78 Å². The minimum Gasteiger partial charge on any atom is -0.444 e. The first-order valence-corrected chi connectivity index (χ1v) is 6.21. The number of amides is 1. The van der Waals surface area contributed by atoms with Gasteiger partial charge in [0, 0.05) is 11.8 Å². The Morgan fingerprint density at radius 1 is 1.55 bits per heavy atom. The lowest BCUT2D eigenvalue weighted by Crippen LogP contribution is -2.32. The zero-order valence-corrected chi connectivity index (χ0v) is 12.2. The molecule has 1 aromatic rings. The number of hydrogen-bond donors (Lipinski definition) is 1. The Morgan fingerprint density at radius 3 is 2.85 bits per heavy atom. The van der Waals surface area contributed by atoms with Crippen molar-refractivity contribution < 1.29 is 9.53 Å². The molecule has 1 heterocycles. The Labute approximate surface area is 122 Å². The predicted molar refractivity (Wildman–Crippen MR) is 75.1 cm³/mol. The number of nitrogens with zero attached hydrogens (tertiary/aromatic N) is 2. The molecule has 0 aliphatic rings. The van der Waals surface area contributed by atoms with E-state index in [1.165, 1.54) is 12.3 Å². The van der Waals surface area contributed by atoms with E-state index in [0.29, 0.717) is 5.56 Å². The molecule has 1 aromatic heterocycles. The number of nitriles is 1. The standard InChI is InChI=1S/C14H14ClN3O2/c1-14(2,3)20-13(19)17-6-4-5-10-7-11(8-16)12(15)18-9-10/h7,9H,6H2,1-3H3,(H,17,19). The topological polar surface area (TPSA) is 75.0 Å². The molecule has 1 amide bonds. The van der Waals surface area contributed by atoms with Crippen LogP contribution in [0.25, 0.3) is 0 Å². The monoisotopic (exact) mass is 291 g/mol. The van der Waals surface area contributed by atoms with Gasteiger partial charge >= 0.3 is 6.09 Å². The third kappa shape index (κ3) is 5.60. The summed E-state index contributed by atoms with van der Waals surface area (Å²) in [5, 5.41) is 11.4. The summed E-state index contributed by atoms with van der Waals surface area (Å²) in [4.78, 5) is 15.2. The van der Waals surface area contributed by atoms with E-state index in [-0.39, 0.29) is 17.3 Å². The number of ether oxygens (including phenoxy) is 1. The largest absolute Gasteiger partial charge is 0.444 e. The Morgan fingerprint density at radius 2 is 2.25 bits per heavy atom. The van der Waals surface area contributed by atoms with Gasteiger partial charge in [0.15, 0.2) is 0 Å². The van der Waals surface area contributed by atoms with Crippen LogP contribution in [0.4, 0.5) is 4.79 Å². The van der Waals surface area contributed by atoms with Crippen molar-refractivity contribution >= 4 is 17.7 Å². The van der Waals surface area contributed by atoms with Crippen LogP contribution < -0.4 is 5.32 Å². The molecular formula is C14H14ClN3O2. The second-order valence-corrected chi connectivity index (χ2v) is 5.19. The molecule has 5 nitrogen and oxygen atoms in total. The fourth-order valence-electron chi connectivity index (χ4n) is 1.17. The molecule has 6 heteroatoms. The summed E-state index contributed by atoms with van der Waals surface area (Å²) >= 11 is 5.71. The second kappa shape index (κ2) is 6.79. The van der Waals surface area contributed by atoms with Crippen LogP contribution in [-0.2, 0) is 4.74 Å². The first-order chi connectivity index (χ1) is 9.31. The third-order valence-corrected chi connectivity index (χ3v) is 2.21. The highest BCUT2D eigenvalue weighted by atomic mass is 35.5. The normalized spacial score (nSPS) is 9.95. The van der Waals surface area contributed by atoms with Crippen LogP contribution in [0.5, 0.6) is 0 Å². The molecule has 20 heavy (non-hydrogen) atoms. The van der Waals surface area contributed by atoms with Crippen LogP contribution in [0, 0.1) is 23.2 Å². The Kier molecular flexibility index (Phi) is 5.37. The van der Waals surface area contributed by atoms with E-state index >= 15 is 0 Å². The zero-order chi connectivity index (χ0) is 15.2. The fraction of sp³-hybridized carbons (Fsp3) is 0.357. The van der Waals surface area contributed by atoms with Crippen LogP contribution in [0.1, 0.15) is 31.9 Å². The third-order valence-electron chi connectivity index (χ3n) is 1.91. The molecule has 0 atom stereocenters. The predicted octanol–water partition coefficient (Wildman–Crippen LogP) is 2.48. The Bertz CT molecular complexity index is 604. The van der Waals surface area contributed by atoms with E-state index in [1.807, 2.05) is 6.07 Å². The average Bonchev–Trinajstić information content (AvgIpc) is 2.34. The molecule has 0 fully saturated rings. The maximum absolute atomic E-state index is 11.3. The van der Waals surface area contributed by atoms with Gasteiger partial charge in [-0.1, -0.05) is 23.4 Å². The fourth-order valence-corrected chi connectivity index (χ4v) is 1.32. The molecule has 1 rings (SSSR count). The van der Waals surface area contributed by atoms with Crippen molar-refractivity contribution in [2.75, 3.05) is 6.54 Å². The maximum Gasteiger partial charge on any atom is 0.408 e. The number of rotatable bonds is 1. The molecule has 0 aromatic carbocycles. The van der Waals surface area contributed by atoms with Crippen molar-refractivity contribution in [2.45, 2.75) is 26.4 Å². The van der Waals surface area contributed by atoms with Gasteiger partial charge < -0.3 is 10.1 Å². The molecule has 0 saturated carbocycles. The number of nitrogens with one attached hydrogen (secondary N) is 1. The lowest BCUT2D eigenvalue weighted by molar-refractivity contribution is 0.0535. The lowest BCUT2D eigenvalue weighted by atomic mass is 10.2. The van der Waals surface area contributed by atoms with Gasteiger partial charge in [-0.3, -0.25) is 0 Å². The molecule has 0 aliphatic heterocycles. The molecule has 0 spiro atoms. The first-order valence-electron chi connectivity index (χ1n) is 5.83. The number of aromatic nitrogens is 1. The van der Waals surface area contributed by atoms with Gasteiger partial charge in [0.25, 0.3) is 0 Å². The van der Waals surface area contributed by atoms with Gasteiger partial charge in [0.2, 0.25) is 0 Å². The van der Waals surface area contributed by atoms with E-state index < -0.39 is 11.7 Å². The number of pyridine rings is 1. The number of carbonyl (C=O) groups is 1. The summed E-state index contributed by atoms with van der Waals surface area (Å²) < 4.78 is 5.05. The summed E-state index contributed by atoms with van der Waals surface area (Å²) in [5.74, 6) is 5.51. The SMILES string of the molecule is CC(C)(C)OC(=O)NCC#Cc1cnc(Cl)c(C#N)c1. The first kappa shape index (κ1) is 15.8. The molecule has 104 valence electrons. The minimum absolute atomic E-state index is 0.138. The minimum atomic E-state index is -0.542. The van der Waals surface area contributed by atoms with E-state index in [9.17, 15) is 4.79 Å². The maximum atomic E-state index is 11.3. The average molecular weight is 292 g/mol. The van der Waals surface area contributed by atoms with Crippen molar-refractivity contribution in [1.82, 2.24) is 10.3 Å². The smallest absolute Gasteiger partial charge is 0.408 e. The van der Waals surface area contributed by atoms with Crippen LogP contribution in [0.15, 0.2) is 12.3 Å². The molecule has 0 bridgehead atoms. The summed E-state index contributed by atoms with van der Waals surface area (Å²) in [5.41, 5.74) is 0.273. The number of hydrogen-bond acceptors (Lipinski definition) is 4. The quantitative estimate of drug-likeness (QED) is 0.637. The molecule has 0 unspecified atom stereocenters. The highest BCUT2D eigenvalue weighted by Crippen LogP contribution is 2.12. The molecule has 1 N–H and O–H groups in total. The van der Waals surface area contributed by atoms with Gasteiger partial charge in [0.05, 0.1) is 12.1 Å². The van der Waals surface area contributed by atoms with E-state index in [4.69, 9.17) is 21.6 Å². The van der Waals surface area contributed by atoms with E-state index in [0.717, 1.165) is 0 Å². The number of halogens is 1. The van der Waals surface area contributed by atoms with Gasteiger partial charge in [-0.2, -0.15) is 5.26 Å². The molecule has 0 aliphatic carbocycles. The van der Waals surface area contributed by atoms with Gasteiger partial charge in [-0.15, -0.1) is 0 Å². The van der Waals surface area contributed by atoms with Crippen LogP contribution in [-0.4, -0.2) is 23.2 Å². The Hall–Kier alpha value is -2.24. The van der Waals surface area contributed by atoms with Crippen molar-refractivity contribution in [3.8, 4) is 17.9 Å². The highest BCUT2D eigenvalue weighted by Gasteiger charge is 2.14. The van der Waals surface area contributed by atoms with Crippen molar-refractivity contribution in [1.29, 1.82) is 5.26 Å². The summed E-state index contributed by atoms with van der Waals surface area (Å²) in [7, 11) is 0. The summed E-state index contributed by atoms with van der Waals surface area (Å²) in [6.07, 6.45) is 0.933. The lowest BCUT2D eigenvalue weighted by Gasteiger charge is -2.18. The van der Waals surface area contributed by atoms with E-state index in [1.54, 1.807) is 20.8 Å². The molecule has 0 radical (unpaired) electrons. The second-order valence-electron chi connectivity index (χ2n) is 4.83. The Balaban J connectivity index is 2.56. The van der Waals surface area contributed by atoms with Gasteiger partial charge in [0.1, 0.15) is 16.8 Å². The molecule has 0 saturated heterocycles. The van der Waals surface area contributed by atoms with Crippen molar-refractivity contribution in [3.63, 3.8) is 0 Å². The highest BCUT2D eigenvalue weighted by molar-refractivity contribution is 6.30. The molecular weight excluding hydrogens is 278 g/mol.